The summed E-state index contributed by atoms with van der Waals surface area (Å²) >= 11 is 1.25. The van der Waals surface area contributed by atoms with Crippen molar-refractivity contribution in [2.24, 2.45) is 0 Å². The normalized spacial score (nSPS) is 16.2. The van der Waals surface area contributed by atoms with Gasteiger partial charge in [-0.15, -0.1) is 24.8 Å². The van der Waals surface area contributed by atoms with Crippen molar-refractivity contribution >= 4 is 24.8 Å². The van der Waals surface area contributed by atoms with E-state index in [0.717, 1.165) is 0 Å². The Morgan fingerprint density at radius 2 is 1.45 bits per heavy atom. The molecule has 0 aromatic rings. The minimum atomic E-state index is 0. The number of allylic oxidation sites excluding steroid dienone is 4. The molecule has 1 rings (SSSR count). The average molecular weight is 359 g/mol. The van der Waals surface area contributed by atoms with Crippen LogP contribution >= 0.6 is 24.8 Å². The zero-order valence-corrected chi connectivity index (χ0v) is 12.2. The molecule has 63 valence electrons. The largest absolute Gasteiger partial charge is 0.147 e. The zero-order valence-electron chi connectivity index (χ0n) is 7.02. The molecular weight excluding hydrogens is 345 g/mol. The molecule has 0 atom stereocenters. The summed E-state index contributed by atoms with van der Waals surface area (Å²) in [5, 5.41) is 0. The molecule has 0 bridgehead atoms. The molecule has 3 heteroatoms. The van der Waals surface area contributed by atoms with E-state index in [1.54, 1.807) is 20.0 Å². The molecule has 0 aromatic carbocycles. The van der Waals surface area contributed by atoms with Gasteiger partial charge in [0.2, 0.25) is 0 Å². The minimum absolute atomic E-state index is 0. The predicted octanol–water partition coefficient (Wildman–Crippen LogP) is 3.39. The summed E-state index contributed by atoms with van der Waals surface area (Å²) in [4.78, 5) is 0. The van der Waals surface area contributed by atoms with Crippen LogP contribution < -0.4 is 0 Å². The van der Waals surface area contributed by atoms with Crippen LogP contribution in [0.3, 0.4) is 0 Å². The average Bonchev–Trinajstić information content (AvgIpc) is 1.98. The SMILES string of the molecule is CC1=C(C)C(C)=[C]([Hf])C1.Cl.Cl. The fourth-order valence-electron chi connectivity index (χ4n) is 1.08. The van der Waals surface area contributed by atoms with Crippen molar-refractivity contribution in [2.45, 2.75) is 27.2 Å². The second-order valence-electron chi connectivity index (χ2n) is 2.69. The van der Waals surface area contributed by atoms with Gasteiger partial charge in [0, 0.05) is 0 Å². The molecule has 0 aromatic heterocycles. The van der Waals surface area contributed by atoms with Gasteiger partial charge in [-0.05, 0) is 0 Å². The number of rotatable bonds is 0. The summed E-state index contributed by atoms with van der Waals surface area (Å²) in [6, 6.07) is 0. The fraction of sp³-hybridized carbons (Fsp3) is 0.500. The van der Waals surface area contributed by atoms with E-state index in [4.69, 9.17) is 0 Å². The molecule has 0 heterocycles. The first-order valence-corrected chi connectivity index (χ1v) is 5.00. The van der Waals surface area contributed by atoms with Crippen LogP contribution in [0.2, 0.25) is 0 Å². The van der Waals surface area contributed by atoms with Crippen molar-refractivity contribution in [3.63, 3.8) is 0 Å². The van der Waals surface area contributed by atoms with E-state index in [1.807, 2.05) is 0 Å². The maximum Gasteiger partial charge on any atom is -0.147 e. The molecule has 1 aliphatic carbocycles. The Hall–Kier alpha value is 0.930. The third kappa shape index (κ3) is 3.04. The Balaban J connectivity index is 0. The maximum absolute atomic E-state index is 2.24. The molecule has 0 spiro atoms. The summed E-state index contributed by atoms with van der Waals surface area (Å²) in [6.45, 7) is 6.72. The van der Waals surface area contributed by atoms with Gasteiger partial charge in [0.15, 0.2) is 0 Å². The van der Waals surface area contributed by atoms with E-state index in [1.165, 1.54) is 30.8 Å². The quantitative estimate of drug-likeness (QED) is 0.582. The van der Waals surface area contributed by atoms with Crippen molar-refractivity contribution in [1.82, 2.24) is 0 Å². The van der Waals surface area contributed by atoms with Gasteiger partial charge >= 0.3 is 71.6 Å². The fourth-order valence-corrected chi connectivity index (χ4v) is 2.70. The minimum Gasteiger partial charge on any atom is -0.147 e. The number of halogens is 2. The van der Waals surface area contributed by atoms with E-state index in [9.17, 15) is 0 Å². The third-order valence-electron chi connectivity index (χ3n) is 2.10. The molecule has 0 N–H and O–H groups in total. The van der Waals surface area contributed by atoms with Gasteiger partial charge in [0.1, 0.15) is 0 Å². The standard InChI is InChI=1S/C8H11.2ClH.Hf/c1-6-4-5-7(2)8(6)3;;;/h4H2,1-3H3;2*1H;. The smallest absolute Gasteiger partial charge is 0.147 e. The van der Waals surface area contributed by atoms with Gasteiger partial charge in [-0.2, -0.15) is 0 Å². The van der Waals surface area contributed by atoms with E-state index in [0.29, 0.717) is 0 Å². The second-order valence-corrected chi connectivity index (χ2v) is 4.85. The predicted molar refractivity (Wildman–Crippen MR) is 50.2 cm³/mol. The summed E-state index contributed by atoms with van der Waals surface area (Å²) in [7, 11) is 0. The van der Waals surface area contributed by atoms with Crippen LogP contribution in [0.15, 0.2) is 20.0 Å². The monoisotopic (exact) mass is 359 g/mol. The molecule has 0 nitrogen and oxygen atoms in total. The summed E-state index contributed by atoms with van der Waals surface area (Å²) in [6.07, 6.45) is 1.27. The molecular formula is C8H13Cl2Hf. The Bertz CT molecular complexity index is 182. The van der Waals surface area contributed by atoms with Crippen LogP contribution in [0.1, 0.15) is 27.2 Å². The van der Waals surface area contributed by atoms with Crippen LogP contribution in [0.4, 0.5) is 0 Å². The summed E-state index contributed by atoms with van der Waals surface area (Å²) in [5.41, 5.74) is 4.69. The molecule has 0 unspecified atom stereocenters. The first-order valence-electron chi connectivity index (χ1n) is 3.21. The first kappa shape index (κ1) is 14.5. The molecule has 0 saturated carbocycles. The van der Waals surface area contributed by atoms with E-state index < -0.39 is 0 Å². The van der Waals surface area contributed by atoms with Crippen LogP contribution in [0.5, 0.6) is 0 Å². The van der Waals surface area contributed by atoms with Gasteiger partial charge in [0.25, 0.3) is 0 Å². The Morgan fingerprint density at radius 3 is 1.55 bits per heavy atom. The molecule has 11 heavy (non-hydrogen) atoms. The van der Waals surface area contributed by atoms with Gasteiger partial charge in [0.05, 0.1) is 0 Å². The molecule has 0 amide bonds. The second kappa shape index (κ2) is 5.55. The van der Waals surface area contributed by atoms with Crippen LogP contribution in [0, 0.1) is 0 Å². The molecule has 0 fully saturated rings. The Labute approximate surface area is 95.9 Å². The van der Waals surface area contributed by atoms with Gasteiger partial charge in [-0.3, -0.25) is 0 Å². The van der Waals surface area contributed by atoms with Crippen molar-refractivity contribution in [2.75, 3.05) is 0 Å². The van der Waals surface area contributed by atoms with Crippen LogP contribution in [-0.4, -0.2) is 0 Å². The Kier molecular flexibility index (Phi) is 7.30. The zero-order chi connectivity index (χ0) is 7.02. The molecule has 1 aliphatic rings. The maximum atomic E-state index is 2.24. The van der Waals surface area contributed by atoms with Crippen LogP contribution in [-0.2, 0) is 24.4 Å². The van der Waals surface area contributed by atoms with Crippen LogP contribution in [0.25, 0.3) is 0 Å². The number of hydrogen-bond donors (Lipinski definition) is 0. The first-order chi connectivity index (χ1) is 4.13. The molecule has 0 aliphatic heterocycles. The summed E-state index contributed by atoms with van der Waals surface area (Å²) in [5.74, 6) is 0. The van der Waals surface area contributed by atoms with Crippen molar-refractivity contribution < 1.29 is 24.4 Å². The van der Waals surface area contributed by atoms with E-state index in [-0.39, 0.29) is 24.8 Å². The molecule has 0 radical (unpaired) electrons. The van der Waals surface area contributed by atoms with Crippen molar-refractivity contribution in [1.29, 1.82) is 0 Å². The van der Waals surface area contributed by atoms with Crippen molar-refractivity contribution in [3.8, 4) is 0 Å². The van der Waals surface area contributed by atoms with E-state index in [2.05, 4.69) is 20.8 Å². The topological polar surface area (TPSA) is 0 Å². The molecule has 0 saturated heterocycles. The third-order valence-corrected chi connectivity index (χ3v) is 4.08. The van der Waals surface area contributed by atoms with Gasteiger partial charge in [-0.1, -0.05) is 0 Å². The van der Waals surface area contributed by atoms with Gasteiger partial charge in [-0.25, -0.2) is 0 Å². The van der Waals surface area contributed by atoms with Gasteiger partial charge < -0.3 is 0 Å². The number of hydrogen-bond acceptors (Lipinski definition) is 0. The Morgan fingerprint density at radius 1 is 1.00 bits per heavy atom. The summed E-state index contributed by atoms with van der Waals surface area (Å²) < 4.78 is 1.69. The van der Waals surface area contributed by atoms with Crippen molar-refractivity contribution in [3.05, 3.63) is 20.0 Å². The van der Waals surface area contributed by atoms with E-state index >= 15 is 0 Å².